The number of hydrogen-bond acceptors (Lipinski definition) is 4. The largest absolute Gasteiger partial charge is 0.311 e. The summed E-state index contributed by atoms with van der Waals surface area (Å²) in [6.45, 7) is 13.2. The molecule has 20 heavy (non-hydrogen) atoms. The van der Waals surface area contributed by atoms with Gasteiger partial charge in [-0.1, -0.05) is 41.0 Å². The van der Waals surface area contributed by atoms with Gasteiger partial charge in [0.2, 0.25) is 0 Å². The van der Waals surface area contributed by atoms with Crippen molar-refractivity contribution in [3.05, 3.63) is 0 Å². The van der Waals surface area contributed by atoms with Crippen molar-refractivity contribution >= 4 is 9.84 Å². The van der Waals surface area contributed by atoms with Gasteiger partial charge < -0.3 is 5.32 Å². The van der Waals surface area contributed by atoms with Crippen molar-refractivity contribution in [2.75, 3.05) is 31.1 Å². The maximum Gasteiger partial charge on any atom is 0.151 e. The lowest BCUT2D eigenvalue weighted by Gasteiger charge is -2.45. The third kappa shape index (κ3) is 5.34. The monoisotopic (exact) mass is 304 g/mol. The van der Waals surface area contributed by atoms with Gasteiger partial charge >= 0.3 is 0 Å². The smallest absolute Gasteiger partial charge is 0.151 e. The van der Waals surface area contributed by atoms with Gasteiger partial charge in [-0.05, 0) is 11.8 Å². The van der Waals surface area contributed by atoms with Gasteiger partial charge in [0.05, 0.1) is 5.75 Å². The molecule has 1 aliphatic rings. The van der Waals surface area contributed by atoms with Gasteiger partial charge in [-0.25, -0.2) is 8.42 Å². The number of piperazine rings is 1. The Morgan fingerprint density at radius 3 is 2.40 bits per heavy atom. The Morgan fingerprint density at radius 1 is 1.25 bits per heavy atom. The van der Waals surface area contributed by atoms with E-state index in [1.165, 1.54) is 0 Å². The van der Waals surface area contributed by atoms with Crippen LogP contribution < -0.4 is 5.32 Å². The molecule has 1 fully saturated rings. The highest BCUT2D eigenvalue weighted by molar-refractivity contribution is 7.91. The molecule has 0 spiro atoms. The van der Waals surface area contributed by atoms with E-state index in [0.717, 1.165) is 25.9 Å². The van der Waals surface area contributed by atoms with Gasteiger partial charge in [-0.15, -0.1) is 0 Å². The summed E-state index contributed by atoms with van der Waals surface area (Å²) < 4.78 is 23.5. The van der Waals surface area contributed by atoms with Crippen LogP contribution in [0, 0.1) is 5.41 Å². The Labute approximate surface area is 125 Å². The van der Waals surface area contributed by atoms with Crippen LogP contribution in [0.15, 0.2) is 0 Å². The van der Waals surface area contributed by atoms with Gasteiger partial charge in [0.1, 0.15) is 0 Å². The van der Waals surface area contributed by atoms with Crippen LogP contribution in [0.2, 0.25) is 0 Å². The Balaban J connectivity index is 2.69. The lowest BCUT2D eigenvalue weighted by molar-refractivity contribution is 0.0862. The molecule has 1 rings (SSSR count). The van der Waals surface area contributed by atoms with E-state index < -0.39 is 9.84 Å². The zero-order chi connectivity index (χ0) is 15.4. The predicted octanol–water partition coefficient (Wildman–Crippen LogP) is 1.91. The third-order valence-electron chi connectivity index (χ3n) is 4.33. The molecule has 0 aromatic heterocycles. The van der Waals surface area contributed by atoms with E-state index in [-0.39, 0.29) is 11.2 Å². The molecule has 0 aromatic rings. The van der Waals surface area contributed by atoms with E-state index in [1.807, 2.05) is 0 Å². The quantitative estimate of drug-likeness (QED) is 0.814. The van der Waals surface area contributed by atoms with Crippen molar-refractivity contribution in [1.29, 1.82) is 0 Å². The van der Waals surface area contributed by atoms with Crippen molar-refractivity contribution in [2.24, 2.45) is 5.41 Å². The van der Waals surface area contributed by atoms with Crippen molar-refractivity contribution in [1.82, 2.24) is 10.2 Å². The minimum atomic E-state index is -2.87. The van der Waals surface area contributed by atoms with Crippen molar-refractivity contribution in [3.8, 4) is 0 Å². The molecule has 1 heterocycles. The standard InChI is InChI=1S/C15H32N2O2S/c1-6-8-13-11-16-14(15(3,4)5)12-17(13)9-10-20(18,19)7-2/h13-14,16H,6-12H2,1-5H3. The Kier molecular flexibility index (Phi) is 6.48. The molecule has 2 atom stereocenters. The molecule has 4 nitrogen and oxygen atoms in total. The average Bonchev–Trinajstić information content (AvgIpc) is 2.36. The number of nitrogens with zero attached hydrogens (tertiary/aromatic N) is 1. The fourth-order valence-corrected chi connectivity index (χ4v) is 3.53. The van der Waals surface area contributed by atoms with E-state index in [9.17, 15) is 8.42 Å². The van der Waals surface area contributed by atoms with Crippen LogP contribution in [0.3, 0.4) is 0 Å². The van der Waals surface area contributed by atoms with Crippen molar-refractivity contribution in [3.63, 3.8) is 0 Å². The van der Waals surface area contributed by atoms with Crippen LogP contribution in [-0.2, 0) is 9.84 Å². The van der Waals surface area contributed by atoms with Gasteiger partial charge in [0.15, 0.2) is 9.84 Å². The second kappa shape index (κ2) is 7.23. The first-order chi connectivity index (χ1) is 9.19. The summed E-state index contributed by atoms with van der Waals surface area (Å²) in [5.74, 6) is 0.542. The molecule has 1 saturated heterocycles. The molecule has 120 valence electrons. The highest BCUT2D eigenvalue weighted by atomic mass is 32.2. The molecule has 5 heteroatoms. The number of sulfone groups is 1. The summed E-state index contributed by atoms with van der Waals surface area (Å²) in [4.78, 5) is 2.39. The zero-order valence-corrected chi connectivity index (χ0v) is 14.6. The Hall–Kier alpha value is -0.130. The lowest BCUT2D eigenvalue weighted by atomic mass is 9.84. The molecular weight excluding hydrogens is 272 g/mol. The minimum Gasteiger partial charge on any atom is -0.311 e. The first-order valence-corrected chi connectivity index (χ1v) is 9.69. The van der Waals surface area contributed by atoms with Crippen LogP contribution in [0.1, 0.15) is 47.5 Å². The summed E-state index contributed by atoms with van der Waals surface area (Å²) in [7, 11) is -2.87. The van der Waals surface area contributed by atoms with E-state index in [0.29, 0.717) is 24.4 Å². The minimum absolute atomic E-state index is 0.207. The molecule has 1 aliphatic heterocycles. The van der Waals surface area contributed by atoms with Gasteiger partial charge in [0.25, 0.3) is 0 Å². The summed E-state index contributed by atoms with van der Waals surface area (Å²) in [5.41, 5.74) is 0.207. The molecule has 0 aliphatic carbocycles. The number of hydrogen-bond donors (Lipinski definition) is 1. The normalized spacial score (nSPS) is 25.9. The Bertz CT molecular complexity index is 387. The highest BCUT2D eigenvalue weighted by Gasteiger charge is 2.33. The van der Waals surface area contributed by atoms with Crippen LogP contribution >= 0.6 is 0 Å². The fraction of sp³-hybridized carbons (Fsp3) is 1.00. The molecule has 2 unspecified atom stereocenters. The first-order valence-electron chi connectivity index (χ1n) is 7.87. The molecule has 0 amide bonds. The number of rotatable bonds is 6. The zero-order valence-electron chi connectivity index (χ0n) is 13.8. The van der Waals surface area contributed by atoms with Crippen LogP contribution in [0.4, 0.5) is 0 Å². The first kappa shape index (κ1) is 17.9. The summed E-state index contributed by atoms with van der Waals surface area (Å²) in [5, 5.41) is 3.64. The number of nitrogens with one attached hydrogen (secondary N) is 1. The van der Waals surface area contributed by atoms with E-state index >= 15 is 0 Å². The lowest BCUT2D eigenvalue weighted by Crippen LogP contribution is -2.60. The summed E-state index contributed by atoms with van der Waals surface area (Å²) in [6, 6.07) is 0.908. The molecular formula is C15H32N2O2S. The highest BCUT2D eigenvalue weighted by Crippen LogP contribution is 2.24. The van der Waals surface area contributed by atoms with Gasteiger partial charge in [0, 0.05) is 37.5 Å². The second-order valence-electron chi connectivity index (χ2n) is 7.00. The maximum atomic E-state index is 11.7. The Morgan fingerprint density at radius 2 is 1.90 bits per heavy atom. The predicted molar refractivity (Wildman–Crippen MR) is 85.8 cm³/mol. The van der Waals surface area contributed by atoms with Crippen molar-refractivity contribution < 1.29 is 8.42 Å². The molecule has 0 bridgehead atoms. The third-order valence-corrected chi connectivity index (χ3v) is 6.01. The van der Waals surface area contributed by atoms with E-state index in [4.69, 9.17) is 0 Å². The summed E-state index contributed by atoms with van der Waals surface area (Å²) in [6.07, 6.45) is 2.28. The van der Waals surface area contributed by atoms with Crippen molar-refractivity contribution in [2.45, 2.75) is 59.5 Å². The second-order valence-corrected chi connectivity index (χ2v) is 9.47. The van der Waals surface area contributed by atoms with Gasteiger partial charge in [-0.2, -0.15) is 0 Å². The van der Waals surface area contributed by atoms with E-state index in [2.05, 4.69) is 37.9 Å². The van der Waals surface area contributed by atoms with E-state index in [1.54, 1.807) is 6.92 Å². The average molecular weight is 305 g/mol. The topological polar surface area (TPSA) is 49.4 Å². The molecule has 0 aromatic carbocycles. The van der Waals surface area contributed by atoms with Crippen LogP contribution in [0.25, 0.3) is 0 Å². The SMILES string of the molecule is CCCC1CNC(C(C)(C)C)CN1CCS(=O)(=O)CC. The summed E-state index contributed by atoms with van der Waals surface area (Å²) >= 11 is 0. The fourth-order valence-electron chi connectivity index (χ4n) is 2.73. The molecule has 0 saturated carbocycles. The van der Waals surface area contributed by atoms with Gasteiger partial charge in [-0.3, -0.25) is 4.90 Å². The maximum absolute atomic E-state index is 11.7. The van der Waals surface area contributed by atoms with Crippen LogP contribution in [0.5, 0.6) is 0 Å². The molecule has 1 N–H and O–H groups in total. The molecule has 0 radical (unpaired) electrons. The van der Waals surface area contributed by atoms with Crippen LogP contribution in [-0.4, -0.2) is 56.5 Å².